The maximum atomic E-state index is 6.16. The van der Waals surface area contributed by atoms with Gasteiger partial charge in [0.15, 0.2) is 5.96 Å². The van der Waals surface area contributed by atoms with Crippen molar-refractivity contribution in [3.05, 3.63) is 24.3 Å². The fourth-order valence-corrected chi connectivity index (χ4v) is 4.47. The summed E-state index contributed by atoms with van der Waals surface area (Å²) in [6, 6.07) is 8.03. The van der Waals surface area contributed by atoms with Crippen molar-refractivity contribution in [2.75, 3.05) is 24.3 Å². The van der Waals surface area contributed by atoms with Crippen LogP contribution in [0.25, 0.3) is 0 Å². The Morgan fingerprint density at radius 3 is 2.95 bits per heavy atom. The van der Waals surface area contributed by atoms with Crippen LogP contribution in [-0.4, -0.2) is 36.2 Å². The van der Waals surface area contributed by atoms with E-state index in [2.05, 4.69) is 22.9 Å². The fourth-order valence-electron chi connectivity index (χ4n) is 3.04. The monoisotopic (exact) mass is 277 g/mol. The van der Waals surface area contributed by atoms with Crippen molar-refractivity contribution < 1.29 is 4.74 Å². The molecule has 0 bridgehead atoms. The first-order valence-corrected chi connectivity index (χ1v) is 7.59. The Bertz CT molecular complexity index is 519. The highest BCUT2D eigenvalue weighted by atomic mass is 32.2. The summed E-state index contributed by atoms with van der Waals surface area (Å²) in [6.45, 7) is 3.05. The zero-order valence-electron chi connectivity index (χ0n) is 11.3. The Morgan fingerprint density at radius 1 is 1.47 bits per heavy atom. The second kappa shape index (κ2) is 4.63. The van der Waals surface area contributed by atoms with E-state index in [0.29, 0.717) is 11.2 Å². The number of methoxy groups -OCH3 is 1. The largest absolute Gasteiger partial charge is 0.495 e. The van der Waals surface area contributed by atoms with E-state index in [4.69, 9.17) is 10.5 Å². The third-order valence-corrected chi connectivity index (χ3v) is 5.55. The molecule has 1 spiro atoms. The smallest absolute Gasteiger partial charge is 0.196 e. The van der Waals surface area contributed by atoms with Gasteiger partial charge in [0, 0.05) is 5.25 Å². The lowest BCUT2D eigenvalue weighted by Crippen LogP contribution is -2.55. The molecule has 0 saturated carbocycles. The molecule has 0 aromatic heterocycles. The van der Waals surface area contributed by atoms with Crippen LogP contribution in [0.3, 0.4) is 0 Å². The molecule has 102 valence electrons. The number of ether oxygens (including phenoxy) is 1. The van der Waals surface area contributed by atoms with Gasteiger partial charge < -0.3 is 15.4 Å². The summed E-state index contributed by atoms with van der Waals surface area (Å²) in [5.74, 6) is 2.63. The molecule has 0 aliphatic carbocycles. The van der Waals surface area contributed by atoms with Crippen LogP contribution in [0.2, 0.25) is 0 Å². The molecule has 5 heteroatoms. The molecule has 19 heavy (non-hydrogen) atoms. The molecular weight excluding hydrogens is 258 g/mol. The summed E-state index contributed by atoms with van der Waals surface area (Å²) in [5, 5.41) is 0.516. The first-order chi connectivity index (χ1) is 9.19. The number of para-hydroxylation sites is 2. The van der Waals surface area contributed by atoms with Gasteiger partial charge in [0.05, 0.1) is 24.9 Å². The highest BCUT2D eigenvalue weighted by Crippen LogP contribution is 2.46. The molecular formula is C14H19N3OS. The Labute approximate surface area is 118 Å². The molecule has 2 aliphatic rings. The molecule has 1 saturated heterocycles. The lowest BCUT2D eigenvalue weighted by Gasteiger charge is -2.39. The maximum absolute atomic E-state index is 6.16. The number of rotatable bonds is 2. The normalized spacial score (nSPS) is 29.9. The molecule has 2 atom stereocenters. The fraction of sp³-hybridized carbons (Fsp3) is 0.500. The van der Waals surface area contributed by atoms with Crippen molar-refractivity contribution in [1.82, 2.24) is 0 Å². The van der Waals surface area contributed by atoms with Gasteiger partial charge in [-0.25, -0.2) is 0 Å². The number of thioether (sulfide) groups is 1. The van der Waals surface area contributed by atoms with Crippen LogP contribution in [0.1, 0.15) is 13.3 Å². The third-order valence-electron chi connectivity index (χ3n) is 4.17. The topological polar surface area (TPSA) is 50.9 Å². The van der Waals surface area contributed by atoms with Crippen molar-refractivity contribution in [1.29, 1.82) is 0 Å². The Hall–Kier alpha value is -1.36. The minimum Gasteiger partial charge on any atom is -0.495 e. The number of hydrogen-bond donors (Lipinski definition) is 1. The minimum atomic E-state index is 0.0172. The predicted molar refractivity (Wildman–Crippen MR) is 81.2 cm³/mol. The van der Waals surface area contributed by atoms with Crippen molar-refractivity contribution in [3.8, 4) is 5.75 Å². The molecule has 1 fully saturated rings. The van der Waals surface area contributed by atoms with Gasteiger partial charge in [0.25, 0.3) is 0 Å². The Balaban J connectivity index is 2.08. The SMILES string of the molecule is COc1ccccc1N1C(N)=NCC12CCSC2C. The highest BCUT2D eigenvalue weighted by molar-refractivity contribution is 8.00. The van der Waals surface area contributed by atoms with Crippen LogP contribution in [0.15, 0.2) is 29.3 Å². The number of aliphatic imine (C=N–C) groups is 1. The van der Waals surface area contributed by atoms with Gasteiger partial charge in [0.2, 0.25) is 0 Å². The third kappa shape index (κ3) is 1.79. The first-order valence-electron chi connectivity index (χ1n) is 6.54. The molecule has 0 amide bonds. The summed E-state index contributed by atoms with van der Waals surface area (Å²) in [4.78, 5) is 6.70. The van der Waals surface area contributed by atoms with Crippen LogP contribution < -0.4 is 15.4 Å². The van der Waals surface area contributed by atoms with E-state index in [1.165, 1.54) is 0 Å². The van der Waals surface area contributed by atoms with Crippen LogP contribution in [-0.2, 0) is 0 Å². The van der Waals surface area contributed by atoms with Crippen LogP contribution in [0, 0.1) is 0 Å². The van der Waals surface area contributed by atoms with Crippen molar-refractivity contribution in [3.63, 3.8) is 0 Å². The summed E-state index contributed by atoms with van der Waals surface area (Å²) in [6.07, 6.45) is 1.11. The van der Waals surface area contributed by atoms with E-state index in [0.717, 1.165) is 30.2 Å². The number of hydrogen-bond acceptors (Lipinski definition) is 5. The Kier molecular flexibility index (Phi) is 3.09. The summed E-state index contributed by atoms with van der Waals surface area (Å²) in [7, 11) is 1.70. The van der Waals surface area contributed by atoms with Crippen LogP contribution in [0.4, 0.5) is 5.69 Å². The number of benzene rings is 1. The molecule has 3 rings (SSSR count). The van der Waals surface area contributed by atoms with Crippen LogP contribution in [0.5, 0.6) is 5.75 Å². The second-order valence-electron chi connectivity index (χ2n) is 5.05. The van der Waals surface area contributed by atoms with Gasteiger partial charge in [-0.05, 0) is 24.3 Å². The van der Waals surface area contributed by atoms with Gasteiger partial charge in [-0.1, -0.05) is 19.1 Å². The maximum Gasteiger partial charge on any atom is 0.196 e. The van der Waals surface area contributed by atoms with E-state index in [-0.39, 0.29) is 5.54 Å². The first kappa shape index (κ1) is 12.7. The summed E-state index contributed by atoms with van der Waals surface area (Å²) < 4.78 is 5.49. The lowest BCUT2D eigenvalue weighted by atomic mass is 9.91. The zero-order chi connectivity index (χ0) is 13.5. The molecule has 2 N–H and O–H groups in total. The van der Waals surface area contributed by atoms with Gasteiger partial charge in [-0.3, -0.25) is 4.99 Å². The van der Waals surface area contributed by atoms with Gasteiger partial charge in [-0.2, -0.15) is 11.8 Å². The van der Waals surface area contributed by atoms with Gasteiger partial charge >= 0.3 is 0 Å². The molecule has 1 aromatic carbocycles. The molecule has 2 unspecified atom stereocenters. The number of anilines is 1. The number of nitrogens with zero attached hydrogens (tertiary/aromatic N) is 2. The molecule has 2 heterocycles. The minimum absolute atomic E-state index is 0.0172. The van der Waals surface area contributed by atoms with Crippen molar-refractivity contribution in [2.24, 2.45) is 10.7 Å². The standard InChI is InChI=1S/C14H19N3OS/c1-10-14(7-8-19-10)9-16-13(15)17(14)11-5-3-4-6-12(11)18-2/h3-6,10H,7-9H2,1-2H3,(H2,15,16). The van der Waals surface area contributed by atoms with E-state index < -0.39 is 0 Å². The second-order valence-corrected chi connectivity index (χ2v) is 6.50. The summed E-state index contributed by atoms with van der Waals surface area (Å²) >= 11 is 2.00. The van der Waals surface area contributed by atoms with Crippen molar-refractivity contribution >= 4 is 23.4 Å². The van der Waals surface area contributed by atoms with Gasteiger partial charge in [0.1, 0.15) is 5.75 Å². The quantitative estimate of drug-likeness (QED) is 0.899. The van der Waals surface area contributed by atoms with E-state index in [1.54, 1.807) is 7.11 Å². The predicted octanol–water partition coefficient (Wildman–Crippen LogP) is 2.09. The average Bonchev–Trinajstić information content (AvgIpc) is 2.95. The summed E-state index contributed by atoms with van der Waals surface area (Å²) in [5.41, 5.74) is 7.21. The molecule has 0 radical (unpaired) electrons. The number of nitrogens with two attached hydrogens (primary N) is 1. The molecule has 1 aromatic rings. The molecule has 4 nitrogen and oxygen atoms in total. The Morgan fingerprint density at radius 2 is 2.26 bits per heavy atom. The van der Waals surface area contributed by atoms with E-state index >= 15 is 0 Å². The number of guanidine groups is 1. The van der Waals surface area contributed by atoms with E-state index in [1.807, 2.05) is 30.0 Å². The average molecular weight is 277 g/mol. The molecule has 2 aliphatic heterocycles. The van der Waals surface area contributed by atoms with E-state index in [9.17, 15) is 0 Å². The van der Waals surface area contributed by atoms with Gasteiger partial charge in [-0.15, -0.1) is 0 Å². The van der Waals surface area contributed by atoms with Crippen LogP contribution >= 0.6 is 11.8 Å². The van der Waals surface area contributed by atoms with Crippen molar-refractivity contribution in [2.45, 2.75) is 24.1 Å². The highest BCUT2D eigenvalue weighted by Gasteiger charge is 2.51. The lowest BCUT2D eigenvalue weighted by molar-refractivity contribution is 0.407. The zero-order valence-corrected chi connectivity index (χ0v) is 12.1.